The summed E-state index contributed by atoms with van der Waals surface area (Å²) in [6.45, 7) is 1.57. The number of rotatable bonds is 12. The molecule has 1 aromatic rings. The molecule has 2 aliphatic rings. The Morgan fingerprint density at radius 2 is 1.41 bits per heavy atom. The Morgan fingerprint density at radius 1 is 0.826 bits per heavy atom. The van der Waals surface area contributed by atoms with Gasteiger partial charge in [0.1, 0.15) is 37.3 Å². The minimum atomic E-state index is -2.50. The quantitative estimate of drug-likeness (QED) is 0.118. The minimum Gasteiger partial charge on any atom is -0.508 e. The van der Waals surface area contributed by atoms with Crippen molar-refractivity contribution in [3.05, 3.63) is 35.9 Å². The number of aliphatic hydroxyl groups excluding tert-OH is 3. The van der Waals surface area contributed by atoms with E-state index in [9.17, 15) is 44.4 Å². The zero-order chi connectivity index (χ0) is 34.2. The molecule has 4 N–H and O–H groups in total. The summed E-state index contributed by atoms with van der Waals surface area (Å²) in [7, 11) is 0. The molecule has 3 rings (SSSR count). The molecule has 0 unspecified atom stereocenters. The maximum atomic E-state index is 12.8. The molecular weight excluding hydrogens is 620 g/mol. The number of benzene rings is 1. The molecule has 0 spiro atoms. The number of phenols is 1. The third-order valence-corrected chi connectivity index (χ3v) is 6.69. The Kier molecular flexibility index (Phi) is 12.6. The van der Waals surface area contributed by atoms with Crippen molar-refractivity contribution in [2.75, 3.05) is 19.8 Å². The molecule has 0 saturated carbocycles. The van der Waals surface area contributed by atoms with Crippen LogP contribution < -0.4 is 0 Å². The van der Waals surface area contributed by atoms with Crippen LogP contribution in [0.15, 0.2) is 30.3 Å². The molecule has 0 radical (unpaired) electrons. The predicted molar refractivity (Wildman–Crippen MR) is 148 cm³/mol. The standard InChI is InChI=1S/C29H36O17/c1-14(32)39-12-21-24(40-15(2)33)25(41-16(3)34)26(42-17(4)35)28(43-21)46-29(13-31)27(23(38)20(11-30)45-29)44-22(37)10-7-18-5-8-19(36)9-6-18/h5-10,20-21,23-28,30-31,36,38H,11-13H2,1-4H3/b10-7+/t20-,21-,23-,24-,25+,26-,27+,28-,29+/m1/s1. The summed E-state index contributed by atoms with van der Waals surface area (Å²) in [5, 5.41) is 40.7. The van der Waals surface area contributed by atoms with Crippen molar-refractivity contribution < 1.29 is 82.3 Å². The van der Waals surface area contributed by atoms with Gasteiger partial charge in [-0.15, -0.1) is 0 Å². The highest BCUT2D eigenvalue weighted by Gasteiger charge is 2.62. The van der Waals surface area contributed by atoms with Gasteiger partial charge in [-0.25, -0.2) is 4.79 Å². The van der Waals surface area contributed by atoms with Crippen LogP contribution in [0.4, 0.5) is 0 Å². The summed E-state index contributed by atoms with van der Waals surface area (Å²) < 4.78 is 43.9. The number of carbonyl (C=O) groups is 5. The van der Waals surface area contributed by atoms with Crippen LogP contribution in [0.25, 0.3) is 6.08 Å². The van der Waals surface area contributed by atoms with Gasteiger partial charge in [-0.1, -0.05) is 12.1 Å². The fourth-order valence-corrected chi connectivity index (χ4v) is 4.81. The summed E-state index contributed by atoms with van der Waals surface area (Å²) in [5.41, 5.74) is 0.494. The van der Waals surface area contributed by atoms with E-state index in [2.05, 4.69) is 0 Å². The lowest BCUT2D eigenvalue weighted by Gasteiger charge is -2.46. The van der Waals surface area contributed by atoms with E-state index in [1.807, 2.05) is 0 Å². The molecule has 17 nitrogen and oxygen atoms in total. The molecule has 2 heterocycles. The Balaban J connectivity index is 2.01. The van der Waals surface area contributed by atoms with E-state index in [0.717, 1.165) is 33.8 Å². The fourth-order valence-electron chi connectivity index (χ4n) is 4.81. The highest BCUT2D eigenvalue weighted by Crippen LogP contribution is 2.39. The zero-order valence-corrected chi connectivity index (χ0v) is 25.3. The Labute approximate surface area is 262 Å². The number of ether oxygens (including phenoxy) is 8. The van der Waals surface area contributed by atoms with Gasteiger partial charge in [0.15, 0.2) is 24.4 Å². The third kappa shape index (κ3) is 9.21. The Morgan fingerprint density at radius 3 is 1.96 bits per heavy atom. The maximum Gasteiger partial charge on any atom is 0.331 e. The van der Waals surface area contributed by atoms with Gasteiger partial charge in [0.2, 0.25) is 12.1 Å². The molecule has 9 atom stereocenters. The number of carbonyl (C=O) groups excluding carboxylic acids is 5. The van der Waals surface area contributed by atoms with Gasteiger partial charge in [0.25, 0.3) is 0 Å². The van der Waals surface area contributed by atoms with Gasteiger partial charge >= 0.3 is 29.8 Å². The molecule has 1 aromatic carbocycles. The van der Waals surface area contributed by atoms with Crippen molar-refractivity contribution in [3.63, 3.8) is 0 Å². The van der Waals surface area contributed by atoms with Crippen LogP contribution in [0.2, 0.25) is 0 Å². The van der Waals surface area contributed by atoms with Gasteiger partial charge in [0, 0.05) is 33.8 Å². The monoisotopic (exact) mass is 656 g/mol. The normalized spacial score (nSPS) is 30.8. The number of hydrogen-bond donors (Lipinski definition) is 4. The van der Waals surface area contributed by atoms with Crippen molar-refractivity contribution >= 4 is 35.9 Å². The first-order valence-electron chi connectivity index (χ1n) is 13.9. The first-order chi connectivity index (χ1) is 21.7. The van der Waals surface area contributed by atoms with Crippen molar-refractivity contribution in [1.82, 2.24) is 0 Å². The first-order valence-corrected chi connectivity index (χ1v) is 13.9. The minimum absolute atomic E-state index is 0.00641. The van der Waals surface area contributed by atoms with Gasteiger partial charge < -0.3 is 58.3 Å². The van der Waals surface area contributed by atoms with Crippen LogP contribution in [0.5, 0.6) is 5.75 Å². The SMILES string of the molecule is CC(=O)OC[C@H]1O[C@H](O[C@]2(CO)O[C@H](CO)[C@@H](O)[C@@H]2OC(=O)/C=C/c2ccc(O)cc2)[C@H](OC(C)=O)[C@@H](OC(C)=O)[C@@H]1OC(C)=O. The summed E-state index contributed by atoms with van der Waals surface area (Å²) >= 11 is 0. The lowest BCUT2D eigenvalue weighted by atomic mass is 9.97. The molecular formula is C29H36O17. The van der Waals surface area contributed by atoms with Crippen molar-refractivity contribution in [3.8, 4) is 5.75 Å². The number of esters is 5. The summed E-state index contributed by atoms with van der Waals surface area (Å²) in [5.74, 6) is -7.05. The van der Waals surface area contributed by atoms with E-state index in [4.69, 9.17) is 37.9 Å². The van der Waals surface area contributed by atoms with Crippen LogP contribution in [-0.4, -0.2) is 125 Å². The fraction of sp³-hybridized carbons (Fsp3) is 0.552. The number of hydrogen-bond acceptors (Lipinski definition) is 17. The second kappa shape index (κ2) is 15.9. The summed E-state index contributed by atoms with van der Waals surface area (Å²) in [4.78, 5) is 60.7. The zero-order valence-electron chi connectivity index (χ0n) is 25.3. The summed E-state index contributed by atoms with van der Waals surface area (Å²) in [6, 6.07) is 5.76. The second-order valence-corrected chi connectivity index (χ2v) is 10.3. The van der Waals surface area contributed by atoms with E-state index in [1.54, 1.807) is 0 Å². The Bertz CT molecular complexity index is 1280. The molecule has 0 bridgehead atoms. The van der Waals surface area contributed by atoms with Crippen molar-refractivity contribution in [1.29, 1.82) is 0 Å². The third-order valence-electron chi connectivity index (χ3n) is 6.69. The highest BCUT2D eigenvalue weighted by atomic mass is 16.8. The van der Waals surface area contributed by atoms with E-state index < -0.39 is 104 Å². The Hall–Kier alpha value is -4.13. The van der Waals surface area contributed by atoms with Crippen LogP contribution in [-0.2, 0) is 61.9 Å². The summed E-state index contributed by atoms with van der Waals surface area (Å²) in [6.07, 6.45) is -11.0. The highest BCUT2D eigenvalue weighted by molar-refractivity contribution is 5.87. The van der Waals surface area contributed by atoms with Gasteiger partial charge in [-0.3, -0.25) is 19.2 Å². The molecule has 46 heavy (non-hydrogen) atoms. The molecule has 0 aliphatic carbocycles. The topological polar surface area (TPSA) is 240 Å². The van der Waals surface area contributed by atoms with Crippen LogP contribution in [0.1, 0.15) is 33.3 Å². The largest absolute Gasteiger partial charge is 0.508 e. The average molecular weight is 657 g/mol. The number of phenolic OH excluding ortho intramolecular Hbond substituents is 1. The van der Waals surface area contributed by atoms with Gasteiger partial charge in [0.05, 0.1) is 6.61 Å². The molecule has 17 heteroatoms. The van der Waals surface area contributed by atoms with Crippen molar-refractivity contribution in [2.24, 2.45) is 0 Å². The number of aromatic hydroxyl groups is 1. The average Bonchev–Trinajstić information content (AvgIpc) is 3.24. The van der Waals surface area contributed by atoms with Crippen LogP contribution >= 0.6 is 0 Å². The lowest BCUT2D eigenvalue weighted by molar-refractivity contribution is -0.384. The van der Waals surface area contributed by atoms with E-state index in [0.29, 0.717) is 5.56 Å². The lowest BCUT2D eigenvalue weighted by Crippen LogP contribution is -2.65. The predicted octanol–water partition coefficient (Wildman–Crippen LogP) is -1.14. The maximum absolute atomic E-state index is 12.8. The molecule has 254 valence electrons. The van der Waals surface area contributed by atoms with E-state index >= 15 is 0 Å². The van der Waals surface area contributed by atoms with Crippen molar-refractivity contribution in [2.45, 2.75) is 82.5 Å². The van der Waals surface area contributed by atoms with Gasteiger partial charge in [-0.2, -0.15) is 0 Å². The molecule has 2 saturated heterocycles. The van der Waals surface area contributed by atoms with E-state index in [-0.39, 0.29) is 5.75 Å². The molecule has 0 aromatic heterocycles. The first kappa shape index (κ1) is 36.3. The number of aliphatic hydroxyl groups is 3. The van der Waals surface area contributed by atoms with Crippen LogP contribution in [0.3, 0.4) is 0 Å². The van der Waals surface area contributed by atoms with E-state index in [1.165, 1.54) is 30.3 Å². The smallest absolute Gasteiger partial charge is 0.331 e. The molecule has 2 aliphatic heterocycles. The van der Waals surface area contributed by atoms with Crippen LogP contribution in [0, 0.1) is 0 Å². The molecule has 0 amide bonds. The second-order valence-electron chi connectivity index (χ2n) is 10.3. The van der Waals surface area contributed by atoms with Gasteiger partial charge in [-0.05, 0) is 23.8 Å². The molecule has 2 fully saturated rings.